The fourth-order valence-electron chi connectivity index (χ4n) is 3.09. The topological polar surface area (TPSA) is 104 Å². The van der Waals surface area contributed by atoms with E-state index in [1.165, 1.54) is 11.3 Å². The highest BCUT2D eigenvalue weighted by atomic mass is 32.1. The molecule has 3 rings (SSSR count). The van der Waals surface area contributed by atoms with Gasteiger partial charge in [-0.3, -0.25) is 19.4 Å². The molecule has 1 fully saturated rings. The smallest absolute Gasteiger partial charge is 0.240 e. The summed E-state index contributed by atoms with van der Waals surface area (Å²) in [7, 11) is 0. The lowest BCUT2D eigenvalue weighted by atomic mass is 10.3. The first-order valence-electron chi connectivity index (χ1n) is 9.37. The molecule has 1 aliphatic heterocycles. The molecule has 0 aromatic carbocycles. The van der Waals surface area contributed by atoms with Crippen molar-refractivity contribution in [3.05, 3.63) is 22.4 Å². The van der Waals surface area contributed by atoms with Gasteiger partial charge in [0.1, 0.15) is 5.76 Å². The number of piperazine rings is 1. The van der Waals surface area contributed by atoms with E-state index in [1.807, 2.05) is 6.92 Å². The van der Waals surface area contributed by atoms with Crippen LogP contribution in [-0.4, -0.2) is 71.0 Å². The number of nitrogens with zero attached hydrogens (tertiary/aromatic N) is 4. The number of aryl methyl sites for hydroxylation is 3. The molecule has 1 saturated heterocycles. The molecule has 3 heterocycles. The minimum Gasteiger partial charge on any atom is -0.360 e. The van der Waals surface area contributed by atoms with Gasteiger partial charge in [-0.25, -0.2) is 4.98 Å². The zero-order valence-corrected chi connectivity index (χ0v) is 17.3. The quantitative estimate of drug-likeness (QED) is 0.718. The lowest BCUT2D eigenvalue weighted by Gasteiger charge is -2.33. The Bertz CT molecular complexity index is 825. The van der Waals surface area contributed by atoms with E-state index in [9.17, 15) is 9.59 Å². The van der Waals surface area contributed by atoms with E-state index in [4.69, 9.17) is 4.52 Å². The molecule has 2 aromatic heterocycles. The zero-order valence-electron chi connectivity index (χ0n) is 16.4. The molecule has 0 radical (unpaired) electrons. The Labute approximate surface area is 168 Å². The highest BCUT2D eigenvalue weighted by Gasteiger charge is 2.21. The van der Waals surface area contributed by atoms with E-state index in [0.29, 0.717) is 29.8 Å². The van der Waals surface area contributed by atoms with Crippen molar-refractivity contribution in [2.75, 3.05) is 49.9 Å². The van der Waals surface area contributed by atoms with E-state index in [1.54, 1.807) is 13.0 Å². The number of nitrogens with one attached hydrogen (secondary N) is 2. The van der Waals surface area contributed by atoms with Crippen molar-refractivity contribution in [1.29, 1.82) is 0 Å². The number of rotatable bonds is 7. The van der Waals surface area contributed by atoms with Crippen molar-refractivity contribution in [1.82, 2.24) is 19.9 Å². The number of amides is 2. The van der Waals surface area contributed by atoms with Gasteiger partial charge in [0.2, 0.25) is 11.8 Å². The van der Waals surface area contributed by atoms with Crippen LogP contribution in [0, 0.1) is 13.8 Å². The van der Waals surface area contributed by atoms with Crippen molar-refractivity contribution in [2.45, 2.75) is 27.2 Å². The second-order valence-corrected chi connectivity index (χ2v) is 8.05. The molecule has 9 nitrogen and oxygen atoms in total. The summed E-state index contributed by atoms with van der Waals surface area (Å²) in [5.74, 6) is 0.914. The van der Waals surface area contributed by atoms with Gasteiger partial charge in [-0.2, -0.15) is 0 Å². The maximum Gasteiger partial charge on any atom is 0.240 e. The predicted molar refractivity (Wildman–Crippen MR) is 108 cm³/mol. The van der Waals surface area contributed by atoms with Crippen molar-refractivity contribution in [3.63, 3.8) is 0 Å². The summed E-state index contributed by atoms with van der Waals surface area (Å²) in [6.07, 6.45) is 0.865. The third-order valence-corrected chi connectivity index (χ3v) is 5.50. The fourth-order valence-corrected chi connectivity index (χ4v) is 4.01. The third-order valence-electron chi connectivity index (χ3n) is 4.57. The number of thiazole rings is 1. The Hall–Kier alpha value is -2.30. The molecule has 10 heteroatoms. The van der Waals surface area contributed by atoms with E-state index in [0.717, 1.165) is 43.2 Å². The van der Waals surface area contributed by atoms with E-state index in [-0.39, 0.29) is 11.8 Å². The SMILES string of the molecule is CCc1nc(NC(=O)CN2CCN(CC(=O)Nc3cc(C)on3)CC2)sc1C. The molecule has 2 N–H and O–H groups in total. The minimum atomic E-state index is -0.120. The van der Waals surface area contributed by atoms with Gasteiger partial charge < -0.3 is 15.2 Å². The number of aromatic nitrogens is 2. The molecule has 2 aromatic rings. The first-order valence-corrected chi connectivity index (χ1v) is 10.2. The summed E-state index contributed by atoms with van der Waals surface area (Å²) in [6.45, 7) is 9.41. The van der Waals surface area contributed by atoms with Crippen molar-refractivity contribution in [2.24, 2.45) is 0 Å². The van der Waals surface area contributed by atoms with Crippen molar-refractivity contribution >= 4 is 34.1 Å². The highest BCUT2D eigenvalue weighted by molar-refractivity contribution is 7.15. The third kappa shape index (κ3) is 5.60. The Morgan fingerprint density at radius 3 is 2.21 bits per heavy atom. The van der Waals surface area contributed by atoms with Crippen LogP contribution in [0.5, 0.6) is 0 Å². The number of anilines is 2. The van der Waals surface area contributed by atoms with Gasteiger partial charge in [-0.05, 0) is 20.3 Å². The Kier molecular flexibility index (Phi) is 6.76. The van der Waals surface area contributed by atoms with Crippen LogP contribution < -0.4 is 10.6 Å². The second-order valence-electron chi connectivity index (χ2n) is 6.85. The molecule has 1 aliphatic rings. The molecule has 0 bridgehead atoms. The summed E-state index contributed by atoms with van der Waals surface area (Å²) in [5, 5.41) is 10.0. The molecule has 0 aliphatic carbocycles. The zero-order chi connectivity index (χ0) is 20.1. The number of hydrogen-bond acceptors (Lipinski definition) is 8. The van der Waals surface area contributed by atoms with Crippen LogP contribution in [0.2, 0.25) is 0 Å². The van der Waals surface area contributed by atoms with Crippen LogP contribution in [0.25, 0.3) is 0 Å². The van der Waals surface area contributed by atoms with E-state index >= 15 is 0 Å². The molecule has 0 atom stereocenters. The predicted octanol–water partition coefficient (Wildman–Crippen LogP) is 1.51. The highest BCUT2D eigenvalue weighted by Crippen LogP contribution is 2.22. The summed E-state index contributed by atoms with van der Waals surface area (Å²) in [5.41, 5.74) is 1.04. The normalized spacial score (nSPS) is 15.5. The van der Waals surface area contributed by atoms with Crippen molar-refractivity contribution in [3.8, 4) is 0 Å². The number of carbonyl (C=O) groups is 2. The molecular formula is C18H26N6O3S. The summed E-state index contributed by atoms with van der Waals surface area (Å²) in [4.78, 5) is 34.1. The lowest BCUT2D eigenvalue weighted by Crippen LogP contribution is -2.50. The van der Waals surface area contributed by atoms with Gasteiger partial charge in [0, 0.05) is 37.1 Å². The standard InChI is InChI=1S/C18H26N6O3S/c1-4-14-13(3)28-18(19-14)21-17(26)11-24-7-5-23(6-8-24)10-16(25)20-15-9-12(2)27-22-15/h9H,4-8,10-11H2,1-3H3,(H,19,21,26)(H,20,22,25). The summed E-state index contributed by atoms with van der Waals surface area (Å²) in [6, 6.07) is 1.68. The molecule has 0 saturated carbocycles. The first kappa shape index (κ1) is 20.4. The molecule has 0 spiro atoms. The summed E-state index contributed by atoms with van der Waals surface area (Å²) >= 11 is 1.51. The van der Waals surface area contributed by atoms with E-state index in [2.05, 4.69) is 37.5 Å². The van der Waals surface area contributed by atoms with E-state index < -0.39 is 0 Å². The number of hydrogen-bond donors (Lipinski definition) is 2. The minimum absolute atomic E-state index is 0.0519. The van der Waals surface area contributed by atoms with Crippen molar-refractivity contribution < 1.29 is 14.1 Å². The molecule has 152 valence electrons. The van der Waals surface area contributed by atoms with Gasteiger partial charge in [0.25, 0.3) is 0 Å². The average Bonchev–Trinajstić information content (AvgIpc) is 3.21. The molecular weight excluding hydrogens is 380 g/mol. The lowest BCUT2D eigenvalue weighted by molar-refractivity contribution is -0.120. The van der Waals surface area contributed by atoms with Crippen LogP contribution >= 0.6 is 11.3 Å². The number of carbonyl (C=O) groups excluding carboxylic acids is 2. The maximum absolute atomic E-state index is 12.3. The molecule has 28 heavy (non-hydrogen) atoms. The Morgan fingerprint density at radius 1 is 1.11 bits per heavy atom. The maximum atomic E-state index is 12.3. The monoisotopic (exact) mass is 406 g/mol. The van der Waals surface area contributed by atoms with Crippen LogP contribution in [0.4, 0.5) is 10.9 Å². The van der Waals surface area contributed by atoms with Gasteiger partial charge in [0.05, 0.1) is 18.8 Å². The first-order chi connectivity index (χ1) is 13.4. The van der Waals surface area contributed by atoms with Crippen LogP contribution in [0.3, 0.4) is 0 Å². The molecule has 2 amide bonds. The summed E-state index contributed by atoms with van der Waals surface area (Å²) < 4.78 is 4.94. The van der Waals surface area contributed by atoms with Gasteiger partial charge in [-0.15, -0.1) is 11.3 Å². The van der Waals surface area contributed by atoms with Crippen LogP contribution in [-0.2, 0) is 16.0 Å². The average molecular weight is 407 g/mol. The van der Waals surface area contributed by atoms with Crippen LogP contribution in [0.1, 0.15) is 23.3 Å². The van der Waals surface area contributed by atoms with Gasteiger partial charge >= 0.3 is 0 Å². The fraction of sp³-hybridized carbons (Fsp3) is 0.556. The van der Waals surface area contributed by atoms with Gasteiger partial charge in [0.15, 0.2) is 10.9 Å². The molecule has 0 unspecified atom stereocenters. The van der Waals surface area contributed by atoms with Gasteiger partial charge in [-0.1, -0.05) is 12.1 Å². The van der Waals surface area contributed by atoms with Crippen LogP contribution in [0.15, 0.2) is 10.6 Å². The Balaban J connectivity index is 1.38. The second kappa shape index (κ2) is 9.26. The largest absolute Gasteiger partial charge is 0.360 e. The Morgan fingerprint density at radius 2 is 1.71 bits per heavy atom.